The molecule has 2 aromatic rings. The van der Waals surface area contributed by atoms with Crippen molar-refractivity contribution in [3.8, 4) is 11.5 Å². The van der Waals surface area contributed by atoms with E-state index in [-0.39, 0.29) is 0 Å². The van der Waals surface area contributed by atoms with Gasteiger partial charge in [0.25, 0.3) is 0 Å². The lowest BCUT2D eigenvalue weighted by molar-refractivity contribution is -0.137. The molecule has 0 atom stereocenters. The fourth-order valence-electron chi connectivity index (χ4n) is 2.09. The third kappa shape index (κ3) is 4.78. The molecule has 2 rings (SSSR count). The molecule has 5 nitrogen and oxygen atoms in total. The van der Waals surface area contributed by atoms with Gasteiger partial charge in [-0.15, -0.1) is 0 Å². The molecular weight excluding hydrogens is 306 g/mol. The first kappa shape index (κ1) is 17.4. The Morgan fingerprint density at radius 2 is 1.50 bits per heavy atom. The van der Waals surface area contributed by atoms with Gasteiger partial charge in [0.05, 0.1) is 26.5 Å². The maximum absolute atomic E-state index is 11.9. The first-order chi connectivity index (χ1) is 11.7. The van der Waals surface area contributed by atoms with Crippen LogP contribution < -0.4 is 14.8 Å². The van der Waals surface area contributed by atoms with E-state index in [4.69, 9.17) is 14.2 Å². The number of anilines is 1. The highest BCUT2D eigenvalue weighted by Gasteiger charge is 2.07. The number of carbonyl (C=O) groups is 1. The highest BCUT2D eigenvalue weighted by Crippen LogP contribution is 2.23. The molecule has 0 aliphatic carbocycles. The number of rotatable bonds is 7. The summed E-state index contributed by atoms with van der Waals surface area (Å²) in [7, 11) is 3.23. The van der Waals surface area contributed by atoms with E-state index in [0.29, 0.717) is 12.3 Å². The van der Waals surface area contributed by atoms with Gasteiger partial charge >= 0.3 is 5.97 Å². The Balaban J connectivity index is 2.28. The number of ether oxygens (including phenoxy) is 3. The van der Waals surface area contributed by atoms with Crippen LogP contribution in [0.4, 0.5) is 5.69 Å². The molecule has 0 radical (unpaired) electrons. The largest absolute Gasteiger partial charge is 0.497 e. The van der Waals surface area contributed by atoms with Gasteiger partial charge < -0.3 is 19.5 Å². The molecule has 24 heavy (non-hydrogen) atoms. The predicted octanol–water partition coefficient (Wildman–Crippen LogP) is 3.72. The summed E-state index contributed by atoms with van der Waals surface area (Å²) >= 11 is 0. The standard InChI is InChI=1S/C19H21NO4/c1-4-24-19(21)13-18(14-5-9-16(22-2)10-6-14)20-15-7-11-17(23-3)12-8-15/h5-13,20H,4H2,1-3H3/b18-13+. The summed E-state index contributed by atoms with van der Waals surface area (Å²) in [4.78, 5) is 11.9. The Hall–Kier alpha value is -2.95. The molecule has 0 aromatic heterocycles. The van der Waals surface area contributed by atoms with Gasteiger partial charge in [-0.2, -0.15) is 0 Å². The second kappa shape index (κ2) is 8.62. The van der Waals surface area contributed by atoms with Crippen molar-refractivity contribution in [2.45, 2.75) is 6.92 Å². The SMILES string of the molecule is CCOC(=O)/C=C(/Nc1ccc(OC)cc1)c1ccc(OC)cc1. The Morgan fingerprint density at radius 3 is 2.00 bits per heavy atom. The smallest absolute Gasteiger partial charge is 0.332 e. The van der Waals surface area contributed by atoms with E-state index < -0.39 is 5.97 Å². The molecule has 5 heteroatoms. The van der Waals surface area contributed by atoms with Gasteiger partial charge in [0.2, 0.25) is 0 Å². The highest BCUT2D eigenvalue weighted by atomic mass is 16.5. The zero-order valence-corrected chi connectivity index (χ0v) is 14.0. The van der Waals surface area contributed by atoms with Gasteiger partial charge in [0.15, 0.2) is 0 Å². The maximum Gasteiger partial charge on any atom is 0.332 e. The van der Waals surface area contributed by atoms with Crippen molar-refractivity contribution >= 4 is 17.4 Å². The summed E-state index contributed by atoms with van der Waals surface area (Å²) in [6.07, 6.45) is 1.44. The average Bonchev–Trinajstić information content (AvgIpc) is 2.62. The monoisotopic (exact) mass is 327 g/mol. The summed E-state index contributed by atoms with van der Waals surface area (Å²) in [6.45, 7) is 2.10. The number of nitrogens with one attached hydrogen (secondary N) is 1. The van der Waals surface area contributed by atoms with Crippen LogP contribution in [0, 0.1) is 0 Å². The summed E-state index contributed by atoms with van der Waals surface area (Å²) < 4.78 is 15.3. The van der Waals surface area contributed by atoms with Crippen LogP contribution in [-0.4, -0.2) is 26.8 Å². The van der Waals surface area contributed by atoms with Crippen LogP contribution in [0.3, 0.4) is 0 Å². The minimum Gasteiger partial charge on any atom is -0.497 e. The third-order valence-corrected chi connectivity index (χ3v) is 3.32. The average molecular weight is 327 g/mol. The lowest BCUT2D eigenvalue weighted by atomic mass is 10.1. The van der Waals surface area contributed by atoms with E-state index in [1.54, 1.807) is 21.1 Å². The molecule has 0 unspecified atom stereocenters. The highest BCUT2D eigenvalue weighted by molar-refractivity contribution is 5.94. The molecule has 0 heterocycles. The molecule has 0 spiro atoms. The number of benzene rings is 2. The Bertz CT molecular complexity index is 690. The molecule has 0 fully saturated rings. The zero-order chi connectivity index (χ0) is 17.4. The second-order valence-corrected chi connectivity index (χ2v) is 4.89. The molecule has 0 saturated heterocycles. The number of methoxy groups -OCH3 is 2. The zero-order valence-electron chi connectivity index (χ0n) is 14.0. The number of hydrogen-bond donors (Lipinski definition) is 1. The first-order valence-corrected chi connectivity index (χ1v) is 7.60. The van der Waals surface area contributed by atoms with Crippen molar-refractivity contribution in [3.63, 3.8) is 0 Å². The Morgan fingerprint density at radius 1 is 0.958 bits per heavy atom. The fraction of sp³-hybridized carbons (Fsp3) is 0.211. The third-order valence-electron chi connectivity index (χ3n) is 3.32. The number of esters is 1. The van der Waals surface area contributed by atoms with Crippen LogP contribution in [0.15, 0.2) is 54.6 Å². The Kier molecular flexibility index (Phi) is 6.25. The van der Waals surface area contributed by atoms with Gasteiger partial charge in [0, 0.05) is 11.8 Å². The van der Waals surface area contributed by atoms with Gasteiger partial charge in [-0.25, -0.2) is 4.79 Å². The second-order valence-electron chi connectivity index (χ2n) is 4.89. The van der Waals surface area contributed by atoms with Crippen LogP contribution in [0.5, 0.6) is 11.5 Å². The number of hydrogen-bond acceptors (Lipinski definition) is 5. The van der Waals surface area contributed by atoms with Gasteiger partial charge in [-0.1, -0.05) is 0 Å². The van der Waals surface area contributed by atoms with Crippen LogP contribution in [0.2, 0.25) is 0 Å². The quantitative estimate of drug-likeness (QED) is 0.620. The van der Waals surface area contributed by atoms with Gasteiger partial charge in [0.1, 0.15) is 11.5 Å². The van der Waals surface area contributed by atoms with Crippen molar-refractivity contribution in [2.75, 3.05) is 26.1 Å². The van der Waals surface area contributed by atoms with Crippen molar-refractivity contribution in [1.82, 2.24) is 0 Å². The molecule has 0 aliphatic heterocycles. The van der Waals surface area contributed by atoms with Crippen LogP contribution in [0.1, 0.15) is 12.5 Å². The van der Waals surface area contributed by atoms with Gasteiger partial charge in [-0.05, 0) is 61.0 Å². The normalized spacial score (nSPS) is 10.9. The van der Waals surface area contributed by atoms with Crippen molar-refractivity contribution in [3.05, 3.63) is 60.2 Å². The van der Waals surface area contributed by atoms with E-state index >= 15 is 0 Å². The lowest BCUT2D eigenvalue weighted by Crippen LogP contribution is -2.06. The van der Waals surface area contributed by atoms with Crippen molar-refractivity contribution in [1.29, 1.82) is 0 Å². The molecule has 2 aromatic carbocycles. The van der Waals surface area contributed by atoms with Crippen LogP contribution in [-0.2, 0) is 9.53 Å². The molecule has 0 bridgehead atoms. The fourth-order valence-corrected chi connectivity index (χ4v) is 2.09. The maximum atomic E-state index is 11.9. The molecule has 0 saturated carbocycles. The lowest BCUT2D eigenvalue weighted by Gasteiger charge is -2.12. The van der Waals surface area contributed by atoms with Crippen LogP contribution >= 0.6 is 0 Å². The molecule has 1 N–H and O–H groups in total. The minimum atomic E-state index is -0.399. The molecular formula is C19H21NO4. The number of carbonyl (C=O) groups excluding carboxylic acids is 1. The van der Waals surface area contributed by atoms with E-state index in [1.807, 2.05) is 48.5 Å². The van der Waals surface area contributed by atoms with E-state index in [0.717, 1.165) is 22.7 Å². The summed E-state index contributed by atoms with van der Waals surface area (Å²) in [5.74, 6) is 1.11. The Labute approximate surface area is 141 Å². The predicted molar refractivity (Wildman–Crippen MR) is 94.2 cm³/mol. The molecule has 0 amide bonds. The van der Waals surface area contributed by atoms with Gasteiger partial charge in [-0.3, -0.25) is 0 Å². The van der Waals surface area contributed by atoms with Crippen LogP contribution in [0.25, 0.3) is 5.70 Å². The molecule has 126 valence electrons. The topological polar surface area (TPSA) is 56.8 Å². The van der Waals surface area contributed by atoms with E-state index in [2.05, 4.69) is 5.32 Å². The first-order valence-electron chi connectivity index (χ1n) is 7.60. The van der Waals surface area contributed by atoms with Crippen molar-refractivity contribution in [2.24, 2.45) is 0 Å². The minimum absolute atomic E-state index is 0.327. The van der Waals surface area contributed by atoms with Crippen molar-refractivity contribution < 1.29 is 19.0 Å². The summed E-state index contributed by atoms with van der Waals surface area (Å²) in [6, 6.07) is 14.9. The van der Waals surface area contributed by atoms with E-state index in [1.165, 1.54) is 6.08 Å². The van der Waals surface area contributed by atoms with E-state index in [9.17, 15) is 4.79 Å². The molecule has 0 aliphatic rings. The summed E-state index contributed by atoms with van der Waals surface area (Å²) in [5.41, 5.74) is 2.32. The summed E-state index contributed by atoms with van der Waals surface area (Å²) in [5, 5.41) is 3.24.